The van der Waals surface area contributed by atoms with Crippen LogP contribution >= 0.6 is 0 Å². The molecule has 0 aliphatic rings. The van der Waals surface area contributed by atoms with Crippen LogP contribution in [0.5, 0.6) is 0 Å². The Balaban J connectivity index is 4.30. The van der Waals surface area contributed by atoms with Gasteiger partial charge < -0.3 is 19.7 Å². The summed E-state index contributed by atoms with van der Waals surface area (Å²) in [7, 11) is -1.19. The van der Waals surface area contributed by atoms with Crippen LogP contribution < -0.4 is 5.32 Å². The van der Waals surface area contributed by atoms with Crippen LogP contribution in [0.15, 0.2) is 0 Å². The van der Waals surface area contributed by atoms with E-state index in [0.717, 1.165) is 13.0 Å². The van der Waals surface area contributed by atoms with Gasteiger partial charge in [0.15, 0.2) is 0 Å². The SMILES string of the molecule is CCNC(C)(C)CCOC(C)CC(=O)N(C)CC(C)(C)COCC(C)CS(C)(=O)=O. The minimum atomic E-state index is -3.00. The molecule has 180 valence electrons. The van der Waals surface area contributed by atoms with E-state index in [9.17, 15) is 13.2 Å². The van der Waals surface area contributed by atoms with Gasteiger partial charge in [0, 0.05) is 37.4 Å². The molecule has 0 aliphatic heterocycles. The fraction of sp³-hybridized carbons (Fsp3) is 0.955. The van der Waals surface area contributed by atoms with Crippen molar-refractivity contribution >= 4 is 15.7 Å². The Morgan fingerprint density at radius 3 is 2.30 bits per heavy atom. The molecule has 30 heavy (non-hydrogen) atoms. The maximum absolute atomic E-state index is 12.6. The molecule has 0 saturated heterocycles. The van der Waals surface area contributed by atoms with Gasteiger partial charge in [-0.15, -0.1) is 0 Å². The lowest BCUT2D eigenvalue weighted by Gasteiger charge is -2.31. The van der Waals surface area contributed by atoms with Crippen LogP contribution in [-0.2, 0) is 24.1 Å². The fourth-order valence-electron chi connectivity index (χ4n) is 3.42. The predicted molar refractivity (Wildman–Crippen MR) is 124 cm³/mol. The van der Waals surface area contributed by atoms with E-state index in [1.54, 1.807) is 11.9 Å². The maximum Gasteiger partial charge on any atom is 0.224 e. The van der Waals surface area contributed by atoms with Gasteiger partial charge in [-0.1, -0.05) is 27.7 Å². The zero-order valence-electron chi connectivity index (χ0n) is 20.7. The highest BCUT2D eigenvalue weighted by Gasteiger charge is 2.25. The Labute approximate surface area is 185 Å². The van der Waals surface area contributed by atoms with Gasteiger partial charge in [-0.05, 0) is 39.7 Å². The Hall–Kier alpha value is -0.700. The van der Waals surface area contributed by atoms with Gasteiger partial charge in [-0.2, -0.15) is 0 Å². The Morgan fingerprint density at radius 1 is 1.17 bits per heavy atom. The summed E-state index contributed by atoms with van der Waals surface area (Å²) in [5, 5.41) is 3.42. The number of hydrogen-bond donors (Lipinski definition) is 1. The van der Waals surface area contributed by atoms with E-state index < -0.39 is 9.84 Å². The Morgan fingerprint density at radius 2 is 1.77 bits per heavy atom. The third kappa shape index (κ3) is 15.2. The van der Waals surface area contributed by atoms with Crippen molar-refractivity contribution in [3.05, 3.63) is 0 Å². The monoisotopic (exact) mass is 450 g/mol. The molecule has 0 aromatic heterocycles. The van der Waals surface area contributed by atoms with E-state index in [1.807, 2.05) is 27.7 Å². The largest absolute Gasteiger partial charge is 0.381 e. The number of rotatable bonds is 16. The quantitative estimate of drug-likeness (QED) is 0.389. The van der Waals surface area contributed by atoms with Crippen molar-refractivity contribution in [2.45, 2.75) is 73.0 Å². The molecule has 0 rings (SSSR count). The average Bonchev–Trinajstić information content (AvgIpc) is 2.51. The van der Waals surface area contributed by atoms with Crippen molar-refractivity contribution in [1.82, 2.24) is 10.2 Å². The topological polar surface area (TPSA) is 84.9 Å². The summed E-state index contributed by atoms with van der Waals surface area (Å²) in [5.41, 5.74) is -0.201. The number of nitrogens with zero attached hydrogens (tertiary/aromatic N) is 1. The molecular weight excluding hydrogens is 404 g/mol. The van der Waals surface area contributed by atoms with Crippen molar-refractivity contribution in [3.8, 4) is 0 Å². The number of hydrogen-bond acceptors (Lipinski definition) is 6. The molecule has 1 N–H and O–H groups in total. The zero-order chi connectivity index (χ0) is 23.6. The first kappa shape index (κ1) is 29.3. The molecule has 2 atom stereocenters. The number of amides is 1. The molecule has 7 nitrogen and oxygen atoms in total. The van der Waals surface area contributed by atoms with Crippen LogP contribution in [0.25, 0.3) is 0 Å². The van der Waals surface area contributed by atoms with Crippen LogP contribution in [-0.4, -0.2) is 82.8 Å². The van der Waals surface area contributed by atoms with E-state index in [1.165, 1.54) is 6.26 Å². The molecule has 0 bridgehead atoms. The summed E-state index contributed by atoms with van der Waals surface area (Å²) in [6.07, 6.45) is 2.34. The molecular formula is C22H46N2O5S. The second-order valence-electron chi connectivity index (χ2n) is 10.2. The third-order valence-corrected chi connectivity index (χ3v) is 5.99. The lowest BCUT2D eigenvalue weighted by Crippen LogP contribution is -2.41. The van der Waals surface area contributed by atoms with E-state index in [0.29, 0.717) is 32.8 Å². The van der Waals surface area contributed by atoms with Crippen LogP contribution in [0.4, 0.5) is 0 Å². The van der Waals surface area contributed by atoms with E-state index >= 15 is 0 Å². The number of carbonyl (C=O) groups is 1. The van der Waals surface area contributed by atoms with Crippen molar-refractivity contribution in [1.29, 1.82) is 0 Å². The second kappa shape index (κ2) is 13.0. The number of sulfone groups is 1. The van der Waals surface area contributed by atoms with Crippen LogP contribution in [0.3, 0.4) is 0 Å². The smallest absolute Gasteiger partial charge is 0.224 e. The highest BCUT2D eigenvalue weighted by Crippen LogP contribution is 2.19. The van der Waals surface area contributed by atoms with Gasteiger partial charge in [0.1, 0.15) is 9.84 Å². The van der Waals surface area contributed by atoms with Gasteiger partial charge in [0.25, 0.3) is 0 Å². The molecule has 0 radical (unpaired) electrons. The number of carbonyl (C=O) groups excluding carboxylic acids is 1. The number of nitrogens with one attached hydrogen (secondary N) is 1. The van der Waals surface area contributed by atoms with Gasteiger partial charge in [-0.3, -0.25) is 4.79 Å². The van der Waals surface area contributed by atoms with Crippen LogP contribution in [0, 0.1) is 11.3 Å². The summed E-state index contributed by atoms with van der Waals surface area (Å²) in [6, 6.07) is 0. The molecule has 0 aliphatic carbocycles. The Bertz CT molecular complexity index is 605. The van der Waals surface area contributed by atoms with Crippen molar-refractivity contribution in [2.24, 2.45) is 11.3 Å². The summed E-state index contributed by atoms with van der Waals surface area (Å²) in [5.74, 6) is 0.118. The summed E-state index contributed by atoms with van der Waals surface area (Å²) < 4.78 is 34.3. The van der Waals surface area contributed by atoms with Gasteiger partial charge in [-0.25, -0.2) is 8.42 Å². The molecule has 0 aromatic rings. The van der Waals surface area contributed by atoms with Crippen LogP contribution in [0.2, 0.25) is 0 Å². The number of ether oxygens (including phenoxy) is 2. The second-order valence-corrected chi connectivity index (χ2v) is 12.4. The van der Waals surface area contributed by atoms with E-state index in [4.69, 9.17) is 9.47 Å². The predicted octanol–water partition coefficient (Wildman–Crippen LogP) is 2.74. The lowest BCUT2D eigenvalue weighted by atomic mass is 9.94. The molecule has 0 spiro atoms. The molecule has 8 heteroatoms. The average molecular weight is 451 g/mol. The molecule has 1 amide bonds. The van der Waals surface area contributed by atoms with Crippen molar-refractivity contribution in [3.63, 3.8) is 0 Å². The lowest BCUT2D eigenvalue weighted by molar-refractivity contribution is -0.134. The highest BCUT2D eigenvalue weighted by atomic mass is 32.2. The highest BCUT2D eigenvalue weighted by molar-refractivity contribution is 7.90. The fourth-order valence-corrected chi connectivity index (χ4v) is 4.55. The van der Waals surface area contributed by atoms with Gasteiger partial charge >= 0.3 is 0 Å². The summed E-state index contributed by atoms with van der Waals surface area (Å²) in [4.78, 5) is 14.3. The Kier molecular flexibility index (Phi) is 12.7. The standard InChI is InChI=1S/C22H46N2O5S/c1-10-23-22(6,7)11-12-29-19(3)13-20(25)24(8)16-21(4,5)17-28-14-18(2)15-30(9,26)27/h18-19,23H,10-17H2,1-9H3. The zero-order valence-corrected chi connectivity index (χ0v) is 21.5. The molecule has 0 fully saturated rings. The van der Waals surface area contributed by atoms with Gasteiger partial charge in [0.2, 0.25) is 5.91 Å². The van der Waals surface area contributed by atoms with E-state index in [-0.39, 0.29) is 34.6 Å². The normalized spacial score (nSPS) is 15.1. The van der Waals surface area contributed by atoms with Crippen molar-refractivity contribution < 1.29 is 22.7 Å². The minimum Gasteiger partial charge on any atom is -0.381 e. The first-order valence-corrected chi connectivity index (χ1v) is 13.0. The summed E-state index contributed by atoms with van der Waals surface area (Å²) in [6.45, 7) is 17.2. The van der Waals surface area contributed by atoms with Gasteiger partial charge in [0.05, 0.1) is 31.5 Å². The molecule has 2 unspecified atom stereocenters. The minimum absolute atomic E-state index is 0.0259. The summed E-state index contributed by atoms with van der Waals surface area (Å²) >= 11 is 0. The first-order valence-electron chi connectivity index (χ1n) is 10.9. The molecule has 0 saturated carbocycles. The molecule has 0 heterocycles. The van der Waals surface area contributed by atoms with E-state index in [2.05, 4.69) is 26.1 Å². The molecule has 0 aromatic carbocycles. The maximum atomic E-state index is 12.6. The van der Waals surface area contributed by atoms with Crippen LogP contribution in [0.1, 0.15) is 61.3 Å². The van der Waals surface area contributed by atoms with Crippen molar-refractivity contribution in [2.75, 3.05) is 52.0 Å². The first-order chi connectivity index (χ1) is 13.6. The third-order valence-electron chi connectivity index (χ3n) is 4.82.